The predicted octanol–water partition coefficient (Wildman–Crippen LogP) is 7.43. The van der Waals surface area contributed by atoms with Gasteiger partial charge in [0, 0.05) is 0 Å². The topological polar surface area (TPSA) is 0 Å². The maximum atomic E-state index is 5.10. The first-order valence-corrected chi connectivity index (χ1v) is 19.4. The Morgan fingerprint density at radius 3 is 2.00 bits per heavy atom. The van der Waals surface area contributed by atoms with Crippen LogP contribution in [0.4, 0.5) is 0 Å². The summed E-state index contributed by atoms with van der Waals surface area (Å²) < 4.78 is 8.35. The Kier molecular flexibility index (Phi) is 5.54. The first-order valence-electron chi connectivity index (χ1n) is 13.2. The molecule has 0 bridgehead atoms. The van der Waals surface area contributed by atoms with Gasteiger partial charge in [0.15, 0.2) is 0 Å². The summed E-state index contributed by atoms with van der Waals surface area (Å²) >= 11 is -2.67. The predicted molar refractivity (Wildman–Crippen MR) is 153 cm³/mol. The zero-order valence-corrected chi connectivity index (χ0v) is 26.1. The second-order valence-corrected chi connectivity index (χ2v) is 19.9. The average Bonchev–Trinajstić information content (AvgIpc) is 3.39. The van der Waals surface area contributed by atoms with E-state index in [-0.39, 0.29) is 10.8 Å². The summed E-state index contributed by atoms with van der Waals surface area (Å²) in [7, 11) is 0. The molecule has 2 aliphatic carbocycles. The van der Waals surface area contributed by atoms with Crippen molar-refractivity contribution in [2.24, 2.45) is 0 Å². The fraction of sp³-hybridized carbons (Fsp3) is 0.286. The zero-order valence-electron chi connectivity index (χ0n) is 22.5. The molecule has 0 unspecified atom stereocenters. The van der Waals surface area contributed by atoms with Gasteiger partial charge in [-0.15, -0.1) is 0 Å². The number of hydrogen-bond acceptors (Lipinski definition) is 0. The van der Waals surface area contributed by atoms with Gasteiger partial charge in [-0.2, -0.15) is 0 Å². The molecule has 0 nitrogen and oxygen atoms in total. The molecule has 0 aliphatic heterocycles. The molecule has 4 aromatic carbocycles. The van der Waals surface area contributed by atoms with Gasteiger partial charge in [-0.25, -0.2) is 0 Å². The molecular weight excluding hydrogens is 599 g/mol. The van der Waals surface area contributed by atoms with Gasteiger partial charge in [0.05, 0.1) is 0 Å². The summed E-state index contributed by atoms with van der Waals surface area (Å²) in [5, 5.41) is 0. The molecule has 0 spiro atoms. The second kappa shape index (κ2) is 8.32. The van der Waals surface area contributed by atoms with Gasteiger partial charge < -0.3 is 0 Å². The van der Waals surface area contributed by atoms with Gasteiger partial charge in [0.25, 0.3) is 0 Å². The first-order chi connectivity index (χ1) is 17.0. The fourth-order valence-electron chi connectivity index (χ4n) is 6.29. The molecule has 180 valence electrons. The van der Waals surface area contributed by atoms with E-state index in [2.05, 4.69) is 114 Å². The van der Waals surface area contributed by atoms with Crippen LogP contribution in [0, 0.1) is 0 Å². The molecule has 0 heterocycles. The van der Waals surface area contributed by atoms with Gasteiger partial charge >= 0.3 is 226 Å². The first kappa shape index (κ1) is 24.0. The quantitative estimate of drug-likeness (QED) is 0.174. The Morgan fingerprint density at radius 1 is 0.611 bits per heavy atom. The van der Waals surface area contributed by atoms with E-state index < -0.39 is 21.0 Å². The fourth-order valence-corrected chi connectivity index (χ4v) is 15.4. The molecular formula is C35H36Hf. The van der Waals surface area contributed by atoms with E-state index in [4.69, 9.17) is 4.26 Å². The van der Waals surface area contributed by atoms with Crippen molar-refractivity contribution in [1.82, 2.24) is 0 Å². The van der Waals surface area contributed by atoms with E-state index in [1.807, 2.05) is 0 Å². The molecule has 0 N–H and O–H groups in total. The number of benzene rings is 4. The summed E-state index contributed by atoms with van der Waals surface area (Å²) in [6.45, 7) is 14.1. The summed E-state index contributed by atoms with van der Waals surface area (Å²) in [6.07, 6.45) is 2.10. The van der Waals surface area contributed by atoms with Crippen molar-refractivity contribution >= 4 is 10.9 Å². The molecule has 0 saturated carbocycles. The van der Waals surface area contributed by atoms with Gasteiger partial charge in [0.2, 0.25) is 0 Å². The molecule has 2 aliphatic rings. The average molecular weight is 635 g/mol. The minimum absolute atomic E-state index is 0.101. The van der Waals surface area contributed by atoms with Crippen LogP contribution in [0.25, 0.3) is 22.3 Å². The van der Waals surface area contributed by atoms with Gasteiger partial charge in [-0.3, -0.25) is 0 Å². The van der Waals surface area contributed by atoms with Crippen LogP contribution in [0.3, 0.4) is 0 Å². The SMILES string of the molecule is [CH2]=[Hf]([c]1cccc2c1Cc1ccccc1-2)[c]1c(C(C)(C)C)ccc2c1Cc1cc(C(C)(C)C)ccc1-2. The molecule has 0 fully saturated rings. The Morgan fingerprint density at radius 2 is 1.25 bits per heavy atom. The Labute approximate surface area is 224 Å². The van der Waals surface area contributed by atoms with Crippen molar-refractivity contribution < 1.29 is 21.0 Å². The van der Waals surface area contributed by atoms with E-state index in [0.717, 1.165) is 12.8 Å². The van der Waals surface area contributed by atoms with Gasteiger partial charge in [0.1, 0.15) is 0 Å². The van der Waals surface area contributed by atoms with Gasteiger partial charge in [-0.1, -0.05) is 0 Å². The van der Waals surface area contributed by atoms with Crippen molar-refractivity contribution in [3.8, 4) is 22.3 Å². The van der Waals surface area contributed by atoms with Crippen molar-refractivity contribution in [3.63, 3.8) is 0 Å². The summed E-state index contributed by atoms with van der Waals surface area (Å²) in [4.78, 5) is 0. The van der Waals surface area contributed by atoms with Crippen LogP contribution < -0.4 is 6.64 Å². The number of rotatable bonds is 2. The molecule has 0 aromatic heterocycles. The molecule has 0 radical (unpaired) electrons. The molecule has 4 aromatic rings. The van der Waals surface area contributed by atoms with Crippen LogP contribution in [0.2, 0.25) is 0 Å². The monoisotopic (exact) mass is 636 g/mol. The van der Waals surface area contributed by atoms with E-state index in [0.29, 0.717) is 0 Å². The van der Waals surface area contributed by atoms with Crippen LogP contribution in [-0.4, -0.2) is 4.26 Å². The molecule has 36 heavy (non-hydrogen) atoms. The van der Waals surface area contributed by atoms with Crippen LogP contribution in [0.15, 0.2) is 72.8 Å². The van der Waals surface area contributed by atoms with Crippen LogP contribution in [-0.2, 0) is 44.6 Å². The van der Waals surface area contributed by atoms with Gasteiger partial charge in [-0.05, 0) is 0 Å². The zero-order chi connectivity index (χ0) is 25.4. The van der Waals surface area contributed by atoms with E-state index in [1.54, 1.807) is 17.8 Å². The summed E-state index contributed by atoms with van der Waals surface area (Å²) in [5.74, 6) is 0. The van der Waals surface area contributed by atoms with Crippen LogP contribution in [0.5, 0.6) is 0 Å². The summed E-state index contributed by atoms with van der Waals surface area (Å²) in [6, 6.07) is 28.0. The summed E-state index contributed by atoms with van der Waals surface area (Å²) in [5.41, 5.74) is 15.1. The van der Waals surface area contributed by atoms with Crippen LogP contribution in [0.1, 0.15) is 74.9 Å². The van der Waals surface area contributed by atoms with Crippen molar-refractivity contribution in [2.75, 3.05) is 0 Å². The third-order valence-electron chi connectivity index (χ3n) is 8.23. The normalized spacial score (nSPS) is 13.7. The van der Waals surface area contributed by atoms with E-state index >= 15 is 0 Å². The van der Waals surface area contributed by atoms with E-state index in [9.17, 15) is 0 Å². The van der Waals surface area contributed by atoms with E-state index in [1.165, 1.54) is 44.5 Å². The van der Waals surface area contributed by atoms with Crippen molar-refractivity contribution in [3.05, 3.63) is 106 Å². The maximum absolute atomic E-state index is 5.10. The Bertz CT molecular complexity index is 1550. The molecule has 0 atom stereocenters. The molecule has 0 saturated heterocycles. The second-order valence-electron chi connectivity index (χ2n) is 12.7. The standard InChI is InChI=1S/C21H25.C13H9.CH2.Hf/c1-20(2,3)16-7-9-18-14(12-16)11-15-13-17(21(4,5)6)8-10-19(15)18;1-3-7-12-10(5-1)9-11-6-2-4-8-13(11)12;;/h7-10,12H,11H2,1-6H3;1-5,7-8H,9H2;1H2;. The molecule has 6 rings (SSSR count). The Balaban J connectivity index is 1.53. The Hall–Kier alpha value is -2.38. The van der Waals surface area contributed by atoms with Crippen LogP contribution >= 0.6 is 0 Å². The molecule has 1 heteroatoms. The minimum atomic E-state index is -2.67. The molecule has 0 amide bonds. The third-order valence-corrected chi connectivity index (χ3v) is 16.5. The number of fused-ring (bicyclic) bond motifs is 6. The number of hydrogen-bond donors (Lipinski definition) is 0. The van der Waals surface area contributed by atoms with Crippen molar-refractivity contribution in [2.45, 2.75) is 65.2 Å². The third kappa shape index (κ3) is 3.77. The van der Waals surface area contributed by atoms with Crippen molar-refractivity contribution in [1.29, 1.82) is 0 Å².